The van der Waals surface area contributed by atoms with Gasteiger partial charge in [-0.15, -0.1) is 12.4 Å². The molecule has 18 heavy (non-hydrogen) atoms. The minimum Gasteiger partial charge on any atom is -0.314 e. The van der Waals surface area contributed by atoms with Crippen molar-refractivity contribution in [3.63, 3.8) is 0 Å². The first-order valence-corrected chi connectivity index (χ1v) is 7.22. The van der Waals surface area contributed by atoms with Gasteiger partial charge in [0.05, 0.1) is 0 Å². The summed E-state index contributed by atoms with van der Waals surface area (Å²) in [6.07, 6.45) is 7.56. The number of hydrogen-bond acceptors (Lipinski definition) is 1. The third-order valence-corrected chi connectivity index (χ3v) is 4.21. The molecular formula is C14H20BrClFN. The summed E-state index contributed by atoms with van der Waals surface area (Å²) in [7, 11) is 0. The van der Waals surface area contributed by atoms with Crippen molar-refractivity contribution in [3.05, 3.63) is 34.1 Å². The van der Waals surface area contributed by atoms with Gasteiger partial charge in [0.25, 0.3) is 0 Å². The molecule has 2 rings (SSSR count). The third kappa shape index (κ3) is 4.87. The predicted octanol–water partition coefficient (Wildman–Crippen LogP) is 4.47. The molecule has 1 aromatic carbocycles. The van der Waals surface area contributed by atoms with Crippen LogP contribution in [0.5, 0.6) is 0 Å². The van der Waals surface area contributed by atoms with Gasteiger partial charge in [0.1, 0.15) is 5.82 Å². The summed E-state index contributed by atoms with van der Waals surface area (Å²) in [6.45, 7) is 0.937. The molecule has 1 fully saturated rings. The fraction of sp³-hybridized carbons (Fsp3) is 0.571. The molecule has 1 aliphatic rings. The van der Waals surface area contributed by atoms with Crippen LogP contribution in [0.4, 0.5) is 4.39 Å². The van der Waals surface area contributed by atoms with E-state index in [9.17, 15) is 4.39 Å². The first-order valence-electron chi connectivity index (χ1n) is 6.43. The summed E-state index contributed by atoms with van der Waals surface area (Å²) < 4.78 is 14.1. The highest BCUT2D eigenvalue weighted by molar-refractivity contribution is 9.10. The molecule has 0 spiro atoms. The molecule has 0 aliphatic heterocycles. The van der Waals surface area contributed by atoms with Crippen molar-refractivity contribution in [2.45, 2.75) is 44.6 Å². The molecule has 0 aromatic heterocycles. The van der Waals surface area contributed by atoms with Crippen LogP contribution in [0.15, 0.2) is 22.7 Å². The molecule has 1 aromatic rings. The summed E-state index contributed by atoms with van der Waals surface area (Å²) in [5, 5.41) is 3.57. The van der Waals surface area contributed by atoms with Crippen LogP contribution in [0.3, 0.4) is 0 Å². The molecule has 102 valence electrons. The Morgan fingerprint density at radius 1 is 1.22 bits per heavy atom. The van der Waals surface area contributed by atoms with Crippen molar-refractivity contribution in [1.82, 2.24) is 5.32 Å². The second-order valence-electron chi connectivity index (χ2n) is 4.77. The lowest BCUT2D eigenvalue weighted by Crippen LogP contribution is -2.32. The highest BCUT2D eigenvalue weighted by Gasteiger charge is 2.12. The Morgan fingerprint density at radius 3 is 2.67 bits per heavy atom. The summed E-state index contributed by atoms with van der Waals surface area (Å²) in [5.41, 5.74) is 1.05. The standard InChI is InChI=1S/C14H19BrFN.ClH/c15-14-7-6-12(16)10-11(14)8-9-17-13-4-2-1-3-5-13;/h6-7,10,13,17H,1-5,8-9H2;1H. The van der Waals surface area contributed by atoms with Crippen molar-refractivity contribution in [2.24, 2.45) is 0 Å². The van der Waals surface area contributed by atoms with Gasteiger partial charge in [-0.2, -0.15) is 0 Å². The SMILES string of the molecule is Cl.Fc1ccc(Br)c(CCNC2CCCCC2)c1. The fourth-order valence-electron chi connectivity index (χ4n) is 2.45. The van der Waals surface area contributed by atoms with Crippen molar-refractivity contribution in [2.75, 3.05) is 6.54 Å². The average molecular weight is 337 g/mol. The Morgan fingerprint density at radius 2 is 1.94 bits per heavy atom. The van der Waals surface area contributed by atoms with Gasteiger partial charge in [0.15, 0.2) is 0 Å². The van der Waals surface area contributed by atoms with Crippen LogP contribution in [-0.2, 0) is 6.42 Å². The van der Waals surface area contributed by atoms with Gasteiger partial charge >= 0.3 is 0 Å². The topological polar surface area (TPSA) is 12.0 Å². The monoisotopic (exact) mass is 335 g/mol. The maximum absolute atomic E-state index is 13.1. The quantitative estimate of drug-likeness (QED) is 0.855. The van der Waals surface area contributed by atoms with Crippen molar-refractivity contribution < 1.29 is 4.39 Å². The largest absolute Gasteiger partial charge is 0.314 e. The Bertz CT molecular complexity index is 367. The summed E-state index contributed by atoms with van der Waals surface area (Å²) in [5.74, 6) is -0.152. The molecule has 1 saturated carbocycles. The van der Waals surface area contributed by atoms with E-state index in [-0.39, 0.29) is 18.2 Å². The van der Waals surface area contributed by atoms with E-state index in [1.54, 1.807) is 12.1 Å². The van der Waals surface area contributed by atoms with Crippen LogP contribution in [0.2, 0.25) is 0 Å². The van der Waals surface area contributed by atoms with Gasteiger partial charge in [0, 0.05) is 10.5 Å². The predicted molar refractivity (Wildman–Crippen MR) is 79.9 cm³/mol. The summed E-state index contributed by atoms with van der Waals surface area (Å²) >= 11 is 3.46. The van der Waals surface area contributed by atoms with Crippen LogP contribution in [-0.4, -0.2) is 12.6 Å². The van der Waals surface area contributed by atoms with E-state index in [4.69, 9.17) is 0 Å². The van der Waals surface area contributed by atoms with Crippen molar-refractivity contribution >= 4 is 28.3 Å². The van der Waals surface area contributed by atoms with Gasteiger partial charge in [-0.1, -0.05) is 35.2 Å². The zero-order valence-electron chi connectivity index (χ0n) is 10.4. The molecule has 1 aliphatic carbocycles. The first-order chi connectivity index (χ1) is 8.25. The number of benzene rings is 1. The molecule has 0 radical (unpaired) electrons. The number of halogens is 3. The lowest BCUT2D eigenvalue weighted by atomic mass is 9.95. The number of rotatable bonds is 4. The van der Waals surface area contributed by atoms with E-state index in [2.05, 4.69) is 21.2 Å². The maximum atomic E-state index is 13.1. The van der Waals surface area contributed by atoms with E-state index < -0.39 is 0 Å². The fourth-order valence-corrected chi connectivity index (χ4v) is 2.90. The summed E-state index contributed by atoms with van der Waals surface area (Å²) in [6, 6.07) is 5.57. The maximum Gasteiger partial charge on any atom is 0.123 e. The van der Waals surface area contributed by atoms with Crippen molar-refractivity contribution in [3.8, 4) is 0 Å². The van der Waals surface area contributed by atoms with E-state index in [0.717, 1.165) is 23.0 Å². The molecule has 0 bridgehead atoms. The normalized spacial score (nSPS) is 16.3. The van der Waals surface area contributed by atoms with Gasteiger partial charge in [-0.05, 0) is 49.6 Å². The smallest absolute Gasteiger partial charge is 0.123 e. The first kappa shape index (κ1) is 15.9. The van der Waals surface area contributed by atoms with E-state index in [0.29, 0.717) is 6.04 Å². The second kappa shape index (κ2) is 8.13. The molecule has 0 atom stereocenters. The molecule has 0 unspecified atom stereocenters. The van der Waals surface area contributed by atoms with Crippen LogP contribution < -0.4 is 5.32 Å². The minimum absolute atomic E-state index is 0. The van der Waals surface area contributed by atoms with Gasteiger partial charge < -0.3 is 5.32 Å². The Kier molecular flexibility index (Phi) is 7.20. The van der Waals surface area contributed by atoms with Gasteiger partial charge in [-0.25, -0.2) is 4.39 Å². The van der Waals surface area contributed by atoms with Crippen LogP contribution in [0, 0.1) is 5.82 Å². The molecule has 0 heterocycles. The van der Waals surface area contributed by atoms with E-state index in [1.165, 1.54) is 38.2 Å². The molecule has 1 nitrogen and oxygen atoms in total. The van der Waals surface area contributed by atoms with Crippen LogP contribution >= 0.6 is 28.3 Å². The number of nitrogens with one attached hydrogen (secondary N) is 1. The molecule has 0 saturated heterocycles. The molecule has 4 heteroatoms. The molecule has 1 N–H and O–H groups in total. The highest BCUT2D eigenvalue weighted by atomic mass is 79.9. The lowest BCUT2D eigenvalue weighted by Gasteiger charge is -2.22. The molecular weight excluding hydrogens is 317 g/mol. The summed E-state index contributed by atoms with van der Waals surface area (Å²) in [4.78, 5) is 0. The Labute approximate surface area is 123 Å². The zero-order valence-corrected chi connectivity index (χ0v) is 12.8. The zero-order chi connectivity index (χ0) is 12.1. The van der Waals surface area contributed by atoms with Crippen LogP contribution in [0.25, 0.3) is 0 Å². The minimum atomic E-state index is -0.152. The lowest BCUT2D eigenvalue weighted by molar-refractivity contribution is 0.375. The number of hydrogen-bond donors (Lipinski definition) is 1. The van der Waals surface area contributed by atoms with E-state index in [1.807, 2.05) is 0 Å². The van der Waals surface area contributed by atoms with Gasteiger partial charge in [0.2, 0.25) is 0 Å². The van der Waals surface area contributed by atoms with Gasteiger partial charge in [-0.3, -0.25) is 0 Å². The third-order valence-electron chi connectivity index (χ3n) is 3.44. The highest BCUT2D eigenvalue weighted by Crippen LogP contribution is 2.19. The Balaban J connectivity index is 0.00000162. The Hall–Kier alpha value is -0.120. The van der Waals surface area contributed by atoms with Crippen molar-refractivity contribution in [1.29, 1.82) is 0 Å². The molecule has 0 amide bonds. The van der Waals surface area contributed by atoms with E-state index >= 15 is 0 Å². The average Bonchev–Trinajstić information content (AvgIpc) is 2.35. The van der Waals surface area contributed by atoms with Crippen LogP contribution in [0.1, 0.15) is 37.7 Å². The second-order valence-corrected chi connectivity index (χ2v) is 5.63.